The van der Waals surface area contributed by atoms with Crippen LogP contribution in [-0.4, -0.2) is 12.5 Å². The second-order valence-corrected chi connectivity index (χ2v) is 5.17. The van der Waals surface area contributed by atoms with Crippen molar-refractivity contribution in [2.75, 3.05) is 11.9 Å². The molecule has 92 valence electrons. The number of benzene rings is 1. The fourth-order valence-electron chi connectivity index (χ4n) is 2.23. The van der Waals surface area contributed by atoms with Crippen LogP contribution in [0, 0.1) is 5.41 Å². The van der Waals surface area contributed by atoms with Crippen LogP contribution in [0.1, 0.15) is 25.7 Å². The SMILES string of the molecule is NCC1(CC(=O)Nc2ccccc2Cl)CCC1. The van der Waals surface area contributed by atoms with Gasteiger partial charge in [0.2, 0.25) is 5.91 Å². The predicted molar refractivity (Wildman–Crippen MR) is 70.0 cm³/mol. The first-order valence-corrected chi connectivity index (χ1v) is 6.27. The van der Waals surface area contributed by atoms with E-state index in [1.807, 2.05) is 12.1 Å². The summed E-state index contributed by atoms with van der Waals surface area (Å²) in [5.41, 5.74) is 6.44. The smallest absolute Gasteiger partial charge is 0.225 e. The molecule has 0 bridgehead atoms. The fourth-order valence-corrected chi connectivity index (χ4v) is 2.41. The molecule has 3 N–H and O–H groups in total. The summed E-state index contributed by atoms with van der Waals surface area (Å²) in [6.07, 6.45) is 3.78. The Hall–Kier alpha value is -1.06. The number of carbonyl (C=O) groups excluding carboxylic acids is 1. The monoisotopic (exact) mass is 252 g/mol. The predicted octanol–water partition coefficient (Wildman–Crippen LogP) is 2.80. The van der Waals surface area contributed by atoms with Crippen LogP contribution in [0.25, 0.3) is 0 Å². The van der Waals surface area contributed by atoms with Gasteiger partial charge in [0.1, 0.15) is 0 Å². The van der Waals surface area contributed by atoms with Crippen LogP contribution < -0.4 is 11.1 Å². The van der Waals surface area contributed by atoms with E-state index in [9.17, 15) is 4.79 Å². The van der Waals surface area contributed by atoms with Crippen LogP contribution in [-0.2, 0) is 4.79 Å². The van der Waals surface area contributed by atoms with Crippen molar-refractivity contribution in [2.45, 2.75) is 25.7 Å². The second kappa shape index (κ2) is 5.07. The van der Waals surface area contributed by atoms with Gasteiger partial charge in [-0.05, 0) is 36.9 Å². The third-order valence-corrected chi connectivity index (χ3v) is 3.86. The minimum atomic E-state index is 0.00301. The van der Waals surface area contributed by atoms with Crippen molar-refractivity contribution >= 4 is 23.2 Å². The zero-order valence-corrected chi connectivity index (χ0v) is 10.5. The summed E-state index contributed by atoms with van der Waals surface area (Å²) in [4.78, 5) is 11.9. The van der Waals surface area contributed by atoms with E-state index in [0.29, 0.717) is 23.7 Å². The van der Waals surface area contributed by atoms with Gasteiger partial charge in [-0.3, -0.25) is 4.79 Å². The Morgan fingerprint density at radius 1 is 1.41 bits per heavy atom. The Kier molecular flexibility index (Phi) is 3.69. The van der Waals surface area contributed by atoms with Crippen molar-refractivity contribution in [3.8, 4) is 0 Å². The molecule has 17 heavy (non-hydrogen) atoms. The van der Waals surface area contributed by atoms with Gasteiger partial charge in [0.25, 0.3) is 0 Å². The number of amides is 1. The number of hydrogen-bond acceptors (Lipinski definition) is 2. The van der Waals surface area contributed by atoms with Crippen molar-refractivity contribution in [3.63, 3.8) is 0 Å². The Balaban J connectivity index is 1.96. The Bertz CT molecular complexity index is 410. The molecule has 1 fully saturated rings. The highest BCUT2D eigenvalue weighted by molar-refractivity contribution is 6.33. The minimum Gasteiger partial charge on any atom is -0.330 e. The third-order valence-electron chi connectivity index (χ3n) is 3.53. The summed E-state index contributed by atoms with van der Waals surface area (Å²) in [6.45, 7) is 0.586. The first kappa shape index (κ1) is 12.4. The molecule has 0 unspecified atom stereocenters. The average Bonchev–Trinajstić information content (AvgIpc) is 2.27. The van der Waals surface area contributed by atoms with Crippen LogP contribution in [0.2, 0.25) is 5.02 Å². The highest BCUT2D eigenvalue weighted by Crippen LogP contribution is 2.43. The number of anilines is 1. The first-order valence-electron chi connectivity index (χ1n) is 5.90. The molecule has 1 aliphatic rings. The summed E-state index contributed by atoms with van der Waals surface area (Å²) < 4.78 is 0. The molecular formula is C13H17ClN2O. The average molecular weight is 253 g/mol. The van der Waals surface area contributed by atoms with Crippen LogP contribution in [0.4, 0.5) is 5.69 Å². The summed E-state index contributed by atoms with van der Waals surface area (Å²) in [5.74, 6) is 0.00301. The largest absolute Gasteiger partial charge is 0.330 e. The second-order valence-electron chi connectivity index (χ2n) is 4.76. The molecule has 1 aromatic rings. The van der Waals surface area contributed by atoms with E-state index in [1.54, 1.807) is 12.1 Å². The van der Waals surface area contributed by atoms with E-state index >= 15 is 0 Å². The molecule has 1 amide bonds. The maximum absolute atomic E-state index is 11.9. The zero-order chi connectivity index (χ0) is 12.3. The van der Waals surface area contributed by atoms with Crippen molar-refractivity contribution in [3.05, 3.63) is 29.3 Å². The molecule has 0 heterocycles. The topological polar surface area (TPSA) is 55.1 Å². The van der Waals surface area contributed by atoms with Crippen LogP contribution in [0.5, 0.6) is 0 Å². The molecule has 0 saturated heterocycles. The van der Waals surface area contributed by atoms with Gasteiger partial charge in [0.05, 0.1) is 10.7 Å². The molecule has 2 rings (SSSR count). The van der Waals surface area contributed by atoms with Gasteiger partial charge in [-0.2, -0.15) is 0 Å². The molecule has 4 heteroatoms. The first-order chi connectivity index (χ1) is 8.15. The lowest BCUT2D eigenvalue weighted by molar-refractivity contribution is -0.119. The molecule has 1 saturated carbocycles. The lowest BCUT2D eigenvalue weighted by Gasteiger charge is -2.40. The number of halogens is 1. The molecule has 0 spiro atoms. The van der Waals surface area contributed by atoms with E-state index in [4.69, 9.17) is 17.3 Å². The van der Waals surface area contributed by atoms with Gasteiger partial charge in [-0.25, -0.2) is 0 Å². The van der Waals surface area contributed by atoms with Gasteiger partial charge in [0.15, 0.2) is 0 Å². The maximum atomic E-state index is 11.9. The number of rotatable bonds is 4. The maximum Gasteiger partial charge on any atom is 0.225 e. The van der Waals surface area contributed by atoms with Gasteiger partial charge < -0.3 is 11.1 Å². The Morgan fingerprint density at radius 2 is 2.12 bits per heavy atom. The number of nitrogens with one attached hydrogen (secondary N) is 1. The molecule has 1 aliphatic carbocycles. The van der Waals surface area contributed by atoms with Crippen molar-refractivity contribution in [1.29, 1.82) is 0 Å². The molecule has 0 atom stereocenters. The summed E-state index contributed by atoms with van der Waals surface area (Å²) in [5, 5.41) is 3.41. The highest BCUT2D eigenvalue weighted by atomic mass is 35.5. The third kappa shape index (κ3) is 2.79. The molecule has 0 aliphatic heterocycles. The molecular weight excluding hydrogens is 236 g/mol. The van der Waals surface area contributed by atoms with Crippen LogP contribution in [0.15, 0.2) is 24.3 Å². The summed E-state index contributed by atoms with van der Waals surface area (Å²) in [6, 6.07) is 7.25. The van der Waals surface area contributed by atoms with Gasteiger partial charge in [-0.1, -0.05) is 30.2 Å². The van der Waals surface area contributed by atoms with E-state index in [-0.39, 0.29) is 11.3 Å². The van der Waals surface area contributed by atoms with Crippen LogP contribution >= 0.6 is 11.6 Å². The fraction of sp³-hybridized carbons (Fsp3) is 0.462. The number of carbonyl (C=O) groups is 1. The molecule has 3 nitrogen and oxygen atoms in total. The lowest BCUT2D eigenvalue weighted by atomic mass is 9.66. The van der Waals surface area contributed by atoms with Gasteiger partial charge >= 0.3 is 0 Å². The van der Waals surface area contributed by atoms with Crippen LogP contribution in [0.3, 0.4) is 0 Å². The summed E-state index contributed by atoms with van der Waals surface area (Å²) >= 11 is 5.98. The van der Waals surface area contributed by atoms with Crippen molar-refractivity contribution in [2.24, 2.45) is 11.1 Å². The summed E-state index contributed by atoms with van der Waals surface area (Å²) in [7, 11) is 0. The van der Waals surface area contributed by atoms with Gasteiger partial charge in [0, 0.05) is 6.42 Å². The van der Waals surface area contributed by atoms with Gasteiger partial charge in [-0.15, -0.1) is 0 Å². The molecule has 0 radical (unpaired) electrons. The lowest BCUT2D eigenvalue weighted by Crippen LogP contribution is -2.40. The number of nitrogens with two attached hydrogens (primary N) is 1. The molecule has 0 aromatic heterocycles. The Morgan fingerprint density at radius 3 is 2.65 bits per heavy atom. The zero-order valence-electron chi connectivity index (χ0n) is 9.71. The van der Waals surface area contributed by atoms with Crippen molar-refractivity contribution in [1.82, 2.24) is 0 Å². The standard InChI is InChI=1S/C13H17ClN2O/c14-10-4-1-2-5-11(10)16-12(17)8-13(9-15)6-3-7-13/h1-2,4-5H,3,6-9,15H2,(H,16,17). The number of hydrogen-bond donors (Lipinski definition) is 2. The Labute approximate surface area is 106 Å². The quantitative estimate of drug-likeness (QED) is 0.866. The van der Waals surface area contributed by atoms with E-state index in [1.165, 1.54) is 6.42 Å². The molecule has 1 aromatic carbocycles. The normalized spacial score (nSPS) is 17.3. The van der Waals surface area contributed by atoms with E-state index in [2.05, 4.69) is 5.32 Å². The van der Waals surface area contributed by atoms with Crippen molar-refractivity contribution < 1.29 is 4.79 Å². The van der Waals surface area contributed by atoms with E-state index < -0.39 is 0 Å². The van der Waals surface area contributed by atoms with E-state index in [0.717, 1.165) is 12.8 Å². The number of para-hydroxylation sites is 1. The highest BCUT2D eigenvalue weighted by Gasteiger charge is 2.37. The minimum absolute atomic E-state index is 0.00301.